The Morgan fingerprint density at radius 2 is 2.00 bits per heavy atom. The number of rotatable bonds is 3. The lowest BCUT2D eigenvalue weighted by Gasteiger charge is -2.29. The molecule has 1 aliphatic heterocycles. The Hall–Kier alpha value is -1.62. The minimum absolute atomic E-state index is 0.459. The SMILES string of the molecule is C[C@H]1CC[C@@H](Nc2ncnc3[nH]cc(C4CCCC4)c23)CN1. The molecule has 5 nitrogen and oxygen atoms in total. The smallest absolute Gasteiger partial charge is 0.143 e. The molecular weight excluding hydrogens is 274 g/mol. The van der Waals surface area contributed by atoms with Crippen molar-refractivity contribution in [2.45, 2.75) is 63.5 Å². The Bertz CT molecular complexity index is 636. The summed E-state index contributed by atoms with van der Waals surface area (Å²) in [5, 5.41) is 8.43. The third-order valence-electron chi connectivity index (χ3n) is 5.30. The highest BCUT2D eigenvalue weighted by atomic mass is 15.1. The van der Waals surface area contributed by atoms with Crippen molar-refractivity contribution in [2.75, 3.05) is 11.9 Å². The molecule has 2 fully saturated rings. The van der Waals surface area contributed by atoms with E-state index in [1.54, 1.807) is 6.33 Å². The topological polar surface area (TPSA) is 65.6 Å². The average molecular weight is 299 g/mol. The first kappa shape index (κ1) is 14.0. The maximum Gasteiger partial charge on any atom is 0.143 e. The van der Waals surface area contributed by atoms with Crippen LogP contribution >= 0.6 is 0 Å². The van der Waals surface area contributed by atoms with Crippen LogP contribution in [-0.4, -0.2) is 33.6 Å². The predicted octanol–water partition coefficient (Wildman–Crippen LogP) is 3.17. The molecule has 0 aromatic carbocycles. The van der Waals surface area contributed by atoms with E-state index in [9.17, 15) is 0 Å². The Balaban J connectivity index is 1.63. The molecule has 2 aliphatic rings. The predicted molar refractivity (Wildman–Crippen MR) is 89.2 cm³/mol. The number of anilines is 1. The first-order valence-corrected chi connectivity index (χ1v) is 8.63. The van der Waals surface area contributed by atoms with E-state index < -0.39 is 0 Å². The molecule has 118 valence electrons. The molecule has 1 saturated carbocycles. The fraction of sp³-hybridized carbons (Fsp3) is 0.647. The van der Waals surface area contributed by atoms with Gasteiger partial charge in [0.1, 0.15) is 17.8 Å². The summed E-state index contributed by atoms with van der Waals surface area (Å²) in [4.78, 5) is 12.3. The summed E-state index contributed by atoms with van der Waals surface area (Å²) in [5.41, 5.74) is 2.38. The van der Waals surface area contributed by atoms with Gasteiger partial charge in [-0.3, -0.25) is 0 Å². The minimum atomic E-state index is 0.459. The van der Waals surface area contributed by atoms with Crippen molar-refractivity contribution in [2.24, 2.45) is 0 Å². The van der Waals surface area contributed by atoms with Crippen LogP contribution in [0.1, 0.15) is 56.9 Å². The lowest BCUT2D eigenvalue weighted by atomic mass is 9.97. The molecule has 1 aliphatic carbocycles. The highest BCUT2D eigenvalue weighted by Crippen LogP contribution is 2.39. The summed E-state index contributed by atoms with van der Waals surface area (Å²) in [6, 6.07) is 1.09. The number of aromatic nitrogens is 3. The highest BCUT2D eigenvalue weighted by molar-refractivity contribution is 5.91. The van der Waals surface area contributed by atoms with Crippen molar-refractivity contribution in [1.29, 1.82) is 0 Å². The Morgan fingerprint density at radius 1 is 1.14 bits per heavy atom. The van der Waals surface area contributed by atoms with Gasteiger partial charge in [-0.25, -0.2) is 9.97 Å². The maximum absolute atomic E-state index is 4.55. The number of piperidine rings is 1. The molecule has 3 heterocycles. The summed E-state index contributed by atoms with van der Waals surface area (Å²) >= 11 is 0. The quantitative estimate of drug-likeness (QED) is 0.814. The summed E-state index contributed by atoms with van der Waals surface area (Å²) in [6.45, 7) is 3.26. The van der Waals surface area contributed by atoms with Crippen LogP contribution in [0.5, 0.6) is 0 Å². The van der Waals surface area contributed by atoms with Gasteiger partial charge in [0.15, 0.2) is 0 Å². The van der Waals surface area contributed by atoms with E-state index in [2.05, 4.69) is 38.7 Å². The van der Waals surface area contributed by atoms with Gasteiger partial charge >= 0.3 is 0 Å². The normalized spacial score (nSPS) is 26.6. The fourth-order valence-electron chi connectivity index (χ4n) is 3.97. The Labute approximate surface area is 131 Å². The second-order valence-electron chi connectivity index (χ2n) is 6.90. The number of hydrogen-bond donors (Lipinski definition) is 3. The number of hydrogen-bond acceptors (Lipinski definition) is 4. The van der Waals surface area contributed by atoms with Gasteiger partial charge < -0.3 is 15.6 Å². The van der Waals surface area contributed by atoms with Crippen molar-refractivity contribution in [3.8, 4) is 0 Å². The fourth-order valence-corrected chi connectivity index (χ4v) is 3.97. The van der Waals surface area contributed by atoms with Crippen molar-refractivity contribution >= 4 is 16.9 Å². The van der Waals surface area contributed by atoms with E-state index in [1.165, 1.54) is 49.5 Å². The lowest BCUT2D eigenvalue weighted by molar-refractivity contribution is 0.398. The van der Waals surface area contributed by atoms with E-state index in [0.29, 0.717) is 18.0 Å². The van der Waals surface area contributed by atoms with Gasteiger partial charge in [-0.1, -0.05) is 12.8 Å². The highest BCUT2D eigenvalue weighted by Gasteiger charge is 2.24. The van der Waals surface area contributed by atoms with E-state index >= 15 is 0 Å². The lowest BCUT2D eigenvalue weighted by Crippen LogP contribution is -2.43. The molecule has 5 heteroatoms. The molecule has 0 amide bonds. The second kappa shape index (κ2) is 5.88. The zero-order valence-corrected chi connectivity index (χ0v) is 13.2. The van der Waals surface area contributed by atoms with Crippen molar-refractivity contribution in [1.82, 2.24) is 20.3 Å². The molecule has 0 spiro atoms. The van der Waals surface area contributed by atoms with Crippen LogP contribution in [0.4, 0.5) is 5.82 Å². The molecule has 2 aromatic rings. The second-order valence-corrected chi connectivity index (χ2v) is 6.90. The average Bonchev–Trinajstić information content (AvgIpc) is 3.18. The molecule has 2 aromatic heterocycles. The van der Waals surface area contributed by atoms with E-state index in [1.807, 2.05) is 0 Å². The van der Waals surface area contributed by atoms with Gasteiger partial charge in [-0.05, 0) is 44.1 Å². The van der Waals surface area contributed by atoms with Crippen molar-refractivity contribution in [3.63, 3.8) is 0 Å². The van der Waals surface area contributed by atoms with Gasteiger partial charge in [-0.2, -0.15) is 0 Å². The van der Waals surface area contributed by atoms with E-state index in [-0.39, 0.29) is 0 Å². The molecule has 3 N–H and O–H groups in total. The van der Waals surface area contributed by atoms with Crippen LogP contribution in [0.3, 0.4) is 0 Å². The van der Waals surface area contributed by atoms with Gasteiger partial charge in [0.05, 0.1) is 5.39 Å². The van der Waals surface area contributed by atoms with Crippen molar-refractivity contribution in [3.05, 3.63) is 18.1 Å². The van der Waals surface area contributed by atoms with E-state index in [0.717, 1.165) is 18.0 Å². The minimum Gasteiger partial charge on any atom is -0.365 e. The number of nitrogens with one attached hydrogen (secondary N) is 3. The standard InChI is InChI=1S/C17H25N5/c1-11-6-7-13(8-18-11)22-17-15-14(12-4-2-3-5-12)9-19-16(15)20-10-21-17/h9-13,18H,2-8H2,1H3,(H2,19,20,21,22)/t11-,13+/m0/s1. The van der Waals surface area contributed by atoms with Gasteiger partial charge in [0, 0.05) is 24.8 Å². The monoisotopic (exact) mass is 299 g/mol. The molecule has 22 heavy (non-hydrogen) atoms. The third-order valence-corrected chi connectivity index (χ3v) is 5.30. The Morgan fingerprint density at radius 3 is 2.77 bits per heavy atom. The summed E-state index contributed by atoms with van der Waals surface area (Å²) in [5.74, 6) is 1.68. The summed E-state index contributed by atoms with van der Waals surface area (Å²) in [7, 11) is 0. The van der Waals surface area contributed by atoms with Gasteiger partial charge in [-0.15, -0.1) is 0 Å². The van der Waals surface area contributed by atoms with Crippen molar-refractivity contribution < 1.29 is 0 Å². The van der Waals surface area contributed by atoms with E-state index in [4.69, 9.17) is 0 Å². The number of aromatic amines is 1. The van der Waals surface area contributed by atoms with Crippen LogP contribution in [0, 0.1) is 0 Å². The molecular formula is C17H25N5. The number of H-pyrrole nitrogens is 1. The molecule has 1 saturated heterocycles. The Kier molecular flexibility index (Phi) is 3.74. The summed E-state index contributed by atoms with van der Waals surface area (Å²) < 4.78 is 0. The van der Waals surface area contributed by atoms with Crippen LogP contribution in [0.25, 0.3) is 11.0 Å². The molecule has 0 unspecified atom stereocenters. The molecule has 4 rings (SSSR count). The first-order chi connectivity index (χ1) is 10.8. The van der Waals surface area contributed by atoms with Crippen LogP contribution in [-0.2, 0) is 0 Å². The molecule has 2 atom stereocenters. The molecule has 0 radical (unpaired) electrons. The number of nitrogens with zero attached hydrogens (tertiary/aromatic N) is 2. The third kappa shape index (κ3) is 2.58. The van der Waals surface area contributed by atoms with Crippen LogP contribution < -0.4 is 10.6 Å². The first-order valence-electron chi connectivity index (χ1n) is 8.63. The molecule has 0 bridgehead atoms. The van der Waals surface area contributed by atoms with Gasteiger partial charge in [0.25, 0.3) is 0 Å². The maximum atomic E-state index is 4.55. The van der Waals surface area contributed by atoms with Crippen LogP contribution in [0.15, 0.2) is 12.5 Å². The zero-order valence-electron chi connectivity index (χ0n) is 13.2. The largest absolute Gasteiger partial charge is 0.365 e. The summed E-state index contributed by atoms with van der Waals surface area (Å²) in [6.07, 6.45) is 11.5. The van der Waals surface area contributed by atoms with Crippen LogP contribution in [0.2, 0.25) is 0 Å². The number of fused-ring (bicyclic) bond motifs is 1. The van der Waals surface area contributed by atoms with Gasteiger partial charge in [0.2, 0.25) is 0 Å². The zero-order chi connectivity index (χ0) is 14.9.